The summed E-state index contributed by atoms with van der Waals surface area (Å²) in [7, 11) is 1.79. The minimum Gasteiger partial charge on any atom is -0.381 e. The van der Waals surface area contributed by atoms with Gasteiger partial charge < -0.3 is 20.7 Å². The highest BCUT2D eigenvalue weighted by Crippen LogP contribution is 2.34. The van der Waals surface area contributed by atoms with Gasteiger partial charge in [-0.2, -0.15) is 0 Å². The van der Waals surface area contributed by atoms with Gasteiger partial charge >= 0.3 is 0 Å². The minimum atomic E-state index is -0.503. The molecule has 2 aliphatic rings. The van der Waals surface area contributed by atoms with E-state index in [9.17, 15) is 4.79 Å². The second kappa shape index (κ2) is 6.41. The molecule has 0 radical (unpaired) electrons. The molecule has 1 aliphatic carbocycles. The highest BCUT2D eigenvalue weighted by molar-refractivity contribution is 5.85. The Bertz CT molecular complexity index is 340. The summed E-state index contributed by atoms with van der Waals surface area (Å²) in [5.74, 6) is -0.194. The Morgan fingerprint density at radius 1 is 1.35 bits per heavy atom. The van der Waals surface area contributed by atoms with Crippen molar-refractivity contribution in [3.05, 3.63) is 0 Å². The second-order valence-corrected chi connectivity index (χ2v) is 6.61. The van der Waals surface area contributed by atoms with Gasteiger partial charge in [-0.15, -0.1) is 0 Å². The number of amides is 1. The number of hydrogen-bond donors (Lipinski definition) is 2. The molecule has 1 saturated carbocycles. The summed E-state index contributed by atoms with van der Waals surface area (Å²) in [5, 5.41) is 3.42. The molecule has 1 amide bonds. The number of methoxy groups -OCH3 is 1. The molecule has 1 heterocycles. The zero-order valence-electron chi connectivity index (χ0n) is 13.0. The lowest BCUT2D eigenvalue weighted by Gasteiger charge is -2.36. The summed E-state index contributed by atoms with van der Waals surface area (Å²) in [6.45, 7) is 6.28. The predicted octanol–water partition coefficient (Wildman–Crippen LogP) is 0.872. The first-order chi connectivity index (χ1) is 9.47. The molecule has 1 saturated heterocycles. The molecule has 2 rings (SSSR count). The van der Waals surface area contributed by atoms with Crippen LogP contribution in [0.25, 0.3) is 0 Å². The van der Waals surface area contributed by atoms with Crippen molar-refractivity contribution in [3.63, 3.8) is 0 Å². The van der Waals surface area contributed by atoms with Crippen molar-refractivity contribution in [3.8, 4) is 0 Å². The summed E-state index contributed by atoms with van der Waals surface area (Å²) in [5.41, 5.74) is 5.17. The third kappa shape index (κ3) is 3.32. The summed E-state index contributed by atoms with van der Waals surface area (Å²) < 4.78 is 5.42. The van der Waals surface area contributed by atoms with Crippen LogP contribution in [0, 0.1) is 0 Å². The number of ether oxygens (including phenoxy) is 1. The minimum absolute atomic E-state index is 0.194. The Labute approximate surface area is 122 Å². The third-order valence-corrected chi connectivity index (χ3v) is 4.85. The van der Waals surface area contributed by atoms with Gasteiger partial charge in [-0.05, 0) is 46.0 Å². The topological polar surface area (TPSA) is 67.6 Å². The quantitative estimate of drug-likeness (QED) is 0.786. The average Bonchev–Trinajstić information content (AvgIpc) is 2.83. The van der Waals surface area contributed by atoms with E-state index in [2.05, 4.69) is 24.1 Å². The van der Waals surface area contributed by atoms with Crippen molar-refractivity contribution in [2.24, 2.45) is 5.73 Å². The van der Waals surface area contributed by atoms with Crippen LogP contribution < -0.4 is 11.1 Å². The van der Waals surface area contributed by atoms with Gasteiger partial charge in [-0.1, -0.05) is 0 Å². The number of likely N-dealkylation sites (tertiary alicyclic amines) is 1. The van der Waals surface area contributed by atoms with E-state index >= 15 is 0 Å². The smallest absolute Gasteiger partial charge is 0.237 e. The van der Waals surface area contributed by atoms with Crippen LogP contribution in [0.4, 0.5) is 0 Å². The van der Waals surface area contributed by atoms with Gasteiger partial charge in [0, 0.05) is 32.3 Å². The number of nitrogens with zero attached hydrogens (tertiary/aromatic N) is 1. The van der Waals surface area contributed by atoms with Gasteiger partial charge in [-0.25, -0.2) is 0 Å². The van der Waals surface area contributed by atoms with Gasteiger partial charge in [0.1, 0.15) is 0 Å². The van der Waals surface area contributed by atoms with E-state index in [0.717, 1.165) is 45.2 Å². The van der Waals surface area contributed by atoms with Crippen LogP contribution in [0.15, 0.2) is 0 Å². The molecular weight excluding hydrogens is 254 g/mol. The number of primary amides is 1. The van der Waals surface area contributed by atoms with Crippen molar-refractivity contribution in [2.45, 2.75) is 69.7 Å². The van der Waals surface area contributed by atoms with E-state index in [4.69, 9.17) is 10.5 Å². The van der Waals surface area contributed by atoms with E-state index in [1.165, 1.54) is 0 Å². The van der Waals surface area contributed by atoms with Gasteiger partial charge in [0.15, 0.2) is 0 Å². The SMILES string of the molecule is COC1CCN(C2CCC(NC(C)C)(C(N)=O)C2)CC1. The van der Waals surface area contributed by atoms with Gasteiger partial charge in [0.25, 0.3) is 0 Å². The van der Waals surface area contributed by atoms with Gasteiger partial charge in [0.05, 0.1) is 11.6 Å². The van der Waals surface area contributed by atoms with E-state index < -0.39 is 5.54 Å². The van der Waals surface area contributed by atoms with Crippen molar-refractivity contribution in [1.29, 1.82) is 0 Å². The largest absolute Gasteiger partial charge is 0.381 e. The van der Waals surface area contributed by atoms with Crippen LogP contribution in [0.5, 0.6) is 0 Å². The monoisotopic (exact) mass is 283 g/mol. The van der Waals surface area contributed by atoms with Crippen LogP contribution in [-0.2, 0) is 9.53 Å². The Hall–Kier alpha value is -0.650. The van der Waals surface area contributed by atoms with E-state index in [1.54, 1.807) is 7.11 Å². The van der Waals surface area contributed by atoms with Crippen molar-refractivity contribution >= 4 is 5.91 Å². The van der Waals surface area contributed by atoms with Gasteiger partial charge in [-0.3, -0.25) is 4.79 Å². The molecule has 0 aromatic heterocycles. The fourth-order valence-corrected chi connectivity index (χ4v) is 3.79. The summed E-state index contributed by atoms with van der Waals surface area (Å²) in [6, 6.07) is 0.757. The fraction of sp³-hybridized carbons (Fsp3) is 0.933. The lowest BCUT2D eigenvalue weighted by molar-refractivity contribution is -0.124. The number of carbonyl (C=O) groups excluding carboxylic acids is 1. The maximum absolute atomic E-state index is 11.9. The highest BCUT2D eigenvalue weighted by atomic mass is 16.5. The van der Waals surface area contributed by atoms with Crippen LogP contribution >= 0.6 is 0 Å². The Kier molecular flexibility index (Phi) is 5.04. The maximum Gasteiger partial charge on any atom is 0.237 e. The predicted molar refractivity (Wildman–Crippen MR) is 79.4 cm³/mol. The third-order valence-electron chi connectivity index (χ3n) is 4.85. The molecule has 3 N–H and O–H groups in total. The number of nitrogens with one attached hydrogen (secondary N) is 1. The molecule has 20 heavy (non-hydrogen) atoms. The standard InChI is InChI=1S/C15H29N3O2/c1-11(2)17-15(14(16)19)7-4-12(10-15)18-8-5-13(20-3)6-9-18/h11-13,17H,4-10H2,1-3H3,(H2,16,19). The molecule has 2 fully saturated rings. The fourth-order valence-electron chi connectivity index (χ4n) is 3.79. The maximum atomic E-state index is 11.9. The summed E-state index contributed by atoms with van der Waals surface area (Å²) in [6.07, 6.45) is 5.35. The Balaban J connectivity index is 1.95. The molecule has 116 valence electrons. The first-order valence-electron chi connectivity index (χ1n) is 7.81. The number of hydrogen-bond acceptors (Lipinski definition) is 4. The average molecular weight is 283 g/mol. The zero-order chi connectivity index (χ0) is 14.8. The van der Waals surface area contributed by atoms with Crippen LogP contribution in [-0.4, -0.2) is 54.7 Å². The first-order valence-corrected chi connectivity index (χ1v) is 7.81. The van der Waals surface area contributed by atoms with E-state index in [1.807, 2.05) is 0 Å². The summed E-state index contributed by atoms with van der Waals surface area (Å²) >= 11 is 0. The molecule has 2 atom stereocenters. The molecule has 2 unspecified atom stereocenters. The molecule has 5 heteroatoms. The Morgan fingerprint density at radius 3 is 2.50 bits per heavy atom. The lowest BCUT2D eigenvalue weighted by atomic mass is 9.94. The van der Waals surface area contributed by atoms with Crippen LogP contribution in [0.1, 0.15) is 46.0 Å². The molecule has 5 nitrogen and oxygen atoms in total. The van der Waals surface area contributed by atoms with Crippen LogP contribution in [0.3, 0.4) is 0 Å². The number of carbonyl (C=O) groups is 1. The number of nitrogens with two attached hydrogens (primary N) is 1. The van der Waals surface area contributed by atoms with Gasteiger partial charge in [0.2, 0.25) is 5.91 Å². The van der Waals surface area contributed by atoms with Crippen molar-refractivity contribution in [1.82, 2.24) is 10.2 Å². The molecule has 0 aromatic rings. The molecule has 0 spiro atoms. The zero-order valence-corrected chi connectivity index (χ0v) is 13.0. The van der Waals surface area contributed by atoms with Crippen molar-refractivity contribution in [2.75, 3.05) is 20.2 Å². The van der Waals surface area contributed by atoms with E-state index in [-0.39, 0.29) is 11.9 Å². The highest BCUT2D eigenvalue weighted by Gasteiger charge is 2.46. The normalized spacial score (nSPS) is 32.9. The van der Waals surface area contributed by atoms with Crippen LogP contribution in [0.2, 0.25) is 0 Å². The second-order valence-electron chi connectivity index (χ2n) is 6.61. The Morgan fingerprint density at radius 2 is 2.00 bits per heavy atom. The number of piperidine rings is 1. The molecule has 0 bridgehead atoms. The lowest BCUT2D eigenvalue weighted by Crippen LogP contribution is -2.57. The molecular formula is C15H29N3O2. The molecule has 1 aliphatic heterocycles. The van der Waals surface area contributed by atoms with Crippen molar-refractivity contribution < 1.29 is 9.53 Å². The number of rotatable bonds is 5. The van der Waals surface area contributed by atoms with E-state index in [0.29, 0.717) is 12.1 Å². The summed E-state index contributed by atoms with van der Waals surface area (Å²) in [4.78, 5) is 14.4. The first kappa shape index (κ1) is 15.7. The molecule has 0 aromatic carbocycles.